The van der Waals surface area contributed by atoms with Gasteiger partial charge in [-0.2, -0.15) is 10.2 Å². The topological polar surface area (TPSA) is 85.9 Å². The monoisotopic (exact) mass is 416 g/mol. The Morgan fingerprint density at radius 3 is 2.45 bits per heavy atom. The first-order valence-electron chi connectivity index (χ1n) is 10.2. The van der Waals surface area contributed by atoms with E-state index in [1.807, 2.05) is 44.2 Å². The minimum atomic E-state index is -0.228. The summed E-state index contributed by atoms with van der Waals surface area (Å²) in [5, 5.41) is 9.64. The molecule has 4 rings (SSSR count). The highest BCUT2D eigenvalue weighted by atomic mass is 16.2. The van der Waals surface area contributed by atoms with E-state index in [9.17, 15) is 9.59 Å². The van der Waals surface area contributed by atoms with Crippen LogP contribution in [0.25, 0.3) is 16.5 Å². The molecule has 0 aliphatic carbocycles. The first-order valence-corrected chi connectivity index (χ1v) is 10.2. The second-order valence-corrected chi connectivity index (χ2v) is 7.45. The maximum absolute atomic E-state index is 13.4. The molecule has 8 nitrogen and oxygen atoms in total. The Kier molecular flexibility index (Phi) is 5.62. The van der Waals surface area contributed by atoms with Gasteiger partial charge in [-0.3, -0.25) is 9.59 Å². The number of nitrogens with zero attached hydrogens (tertiary/aromatic N) is 6. The quantitative estimate of drug-likeness (QED) is 0.482. The Morgan fingerprint density at radius 1 is 1.10 bits per heavy atom. The zero-order chi connectivity index (χ0) is 22.0. The molecule has 0 saturated carbocycles. The summed E-state index contributed by atoms with van der Waals surface area (Å²) < 4.78 is 3.07. The fourth-order valence-electron chi connectivity index (χ4n) is 3.57. The van der Waals surface area contributed by atoms with E-state index < -0.39 is 0 Å². The van der Waals surface area contributed by atoms with Crippen LogP contribution in [0.5, 0.6) is 0 Å². The highest BCUT2D eigenvalue weighted by Crippen LogP contribution is 2.23. The van der Waals surface area contributed by atoms with Gasteiger partial charge in [-0.05, 0) is 37.1 Å². The van der Waals surface area contributed by atoms with Crippen molar-refractivity contribution in [2.75, 3.05) is 7.05 Å². The number of hydrogen-bond donors (Lipinski definition) is 0. The standard InChI is InChI=1S/C23H24N6O2/c1-4-13-28-22(30)20-8-6-5-7-19(20)21(26-28)23(31)27(3)16(2)17-9-11-18(12-10-17)29-15-24-14-25-29/h5-12,14-16H,4,13H2,1-3H3/t16-/m1/s1. The van der Waals surface area contributed by atoms with Crippen LogP contribution in [-0.2, 0) is 6.54 Å². The lowest BCUT2D eigenvalue weighted by Gasteiger charge is -2.26. The van der Waals surface area contributed by atoms with Gasteiger partial charge in [-0.15, -0.1) is 0 Å². The normalized spacial score (nSPS) is 12.1. The van der Waals surface area contributed by atoms with Crippen LogP contribution < -0.4 is 5.56 Å². The average Bonchev–Trinajstić information content (AvgIpc) is 3.35. The molecule has 2 heterocycles. The van der Waals surface area contributed by atoms with Gasteiger partial charge in [0.15, 0.2) is 5.69 Å². The zero-order valence-corrected chi connectivity index (χ0v) is 17.8. The van der Waals surface area contributed by atoms with E-state index in [2.05, 4.69) is 15.2 Å². The number of aryl methyl sites for hydroxylation is 1. The summed E-state index contributed by atoms with van der Waals surface area (Å²) in [5.41, 5.74) is 1.98. The van der Waals surface area contributed by atoms with Crippen LogP contribution in [0.4, 0.5) is 0 Å². The van der Waals surface area contributed by atoms with Gasteiger partial charge in [0.25, 0.3) is 11.5 Å². The summed E-state index contributed by atoms with van der Waals surface area (Å²) in [4.78, 5) is 31.7. The third-order valence-corrected chi connectivity index (χ3v) is 5.47. The van der Waals surface area contributed by atoms with E-state index in [0.717, 1.165) is 17.7 Å². The van der Waals surface area contributed by atoms with Gasteiger partial charge in [-0.25, -0.2) is 14.3 Å². The molecule has 4 aromatic rings. The van der Waals surface area contributed by atoms with Crippen molar-refractivity contribution >= 4 is 16.7 Å². The molecule has 0 fully saturated rings. The minimum Gasteiger partial charge on any atom is -0.334 e. The summed E-state index contributed by atoms with van der Waals surface area (Å²) in [6, 6.07) is 14.8. The maximum Gasteiger partial charge on any atom is 0.275 e. The van der Waals surface area contributed by atoms with Gasteiger partial charge >= 0.3 is 0 Å². The number of fused-ring (bicyclic) bond motifs is 1. The van der Waals surface area contributed by atoms with Crippen molar-refractivity contribution in [2.24, 2.45) is 0 Å². The van der Waals surface area contributed by atoms with Crippen molar-refractivity contribution in [2.45, 2.75) is 32.9 Å². The van der Waals surface area contributed by atoms with Gasteiger partial charge in [0.2, 0.25) is 0 Å². The number of aromatic nitrogens is 5. The smallest absolute Gasteiger partial charge is 0.275 e. The maximum atomic E-state index is 13.4. The Balaban J connectivity index is 1.67. The molecule has 0 unspecified atom stereocenters. The zero-order valence-electron chi connectivity index (χ0n) is 17.8. The molecule has 0 radical (unpaired) electrons. The van der Waals surface area contributed by atoms with Gasteiger partial charge in [-0.1, -0.05) is 37.3 Å². The lowest BCUT2D eigenvalue weighted by molar-refractivity contribution is 0.0736. The van der Waals surface area contributed by atoms with Crippen LogP contribution in [0.15, 0.2) is 66.0 Å². The fourth-order valence-corrected chi connectivity index (χ4v) is 3.57. The molecular weight excluding hydrogens is 392 g/mol. The third kappa shape index (κ3) is 3.84. The first-order chi connectivity index (χ1) is 15.0. The first kappa shape index (κ1) is 20.5. The second kappa shape index (κ2) is 8.51. The number of rotatable bonds is 6. The number of carbonyl (C=O) groups is 1. The Bertz CT molecular complexity index is 1260. The molecule has 0 aliphatic heterocycles. The van der Waals surface area contributed by atoms with Crippen molar-refractivity contribution < 1.29 is 4.79 Å². The lowest BCUT2D eigenvalue weighted by atomic mass is 10.1. The van der Waals surface area contributed by atoms with Crippen LogP contribution in [0.1, 0.15) is 42.4 Å². The van der Waals surface area contributed by atoms with E-state index in [4.69, 9.17) is 0 Å². The molecular formula is C23H24N6O2. The van der Waals surface area contributed by atoms with E-state index >= 15 is 0 Å². The molecule has 0 N–H and O–H groups in total. The van der Waals surface area contributed by atoms with Crippen LogP contribution in [0.3, 0.4) is 0 Å². The van der Waals surface area contributed by atoms with Gasteiger partial charge in [0.05, 0.1) is 17.1 Å². The summed E-state index contributed by atoms with van der Waals surface area (Å²) in [6.45, 7) is 4.40. The molecule has 1 amide bonds. The van der Waals surface area contributed by atoms with E-state index in [0.29, 0.717) is 17.3 Å². The summed E-state index contributed by atoms with van der Waals surface area (Å²) in [6.07, 6.45) is 3.87. The van der Waals surface area contributed by atoms with Crippen molar-refractivity contribution in [1.82, 2.24) is 29.4 Å². The minimum absolute atomic E-state index is 0.173. The van der Waals surface area contributed by atoms with Gasteiger partial charge in [0.1, 0.15) is 12.7 Å². The highest BCUT2D eigenvalue weighted by molar-refractivity contribution is 6.04. The Labute approximate surface area is 179 Å². The van der Waals surface area contributed by atoms with Crippen LogP contribution in [0, 0.1) is 0 Å². The van der Waals surface area contributed by atoms with E-state index in [1.165, 1.54) is 11.0 Å². The molecule has 0 aliphatic rings. The van der Waals surface area contributed by atoms with Crippen molar-refractivity contribution in [1.29, 1.82) is 0 Å². The molecule has 2 aromatic heterocycles. The lowest BCUT2D eigenvalue weighted by Crippen LogP contribution is -2.33. The highest BCUT2D eigenvalue weighted by Gasteiger charge is 2.24. The molecule has 0 saturated heterocycles. The van der Waals surface area contributed by atoms with Crippen molar-refractivity contribution in [3.05, 3.63) is 82.8 Å². The molecule has 2 aromatic carbocycles. The summed E-state index contributed by atoms with van der Waals surface area (Å²) in [5.74, 6) is -0.228. The Hall–Kier alpha value is -3.81. The summed E-state index contributed by atoms with van der Waals surface area (Å²) >= 11 is 0. The predicted molar refractivity (Wildman–Crippen MR) is 118 cm³/mol. The van der Waals surface area contributed by atoms with Gasteiger partial charge < -0.3 is 4.90 Å². The van der Waals surface area contributed by atoms with Crippen molar-refractivity contribution in [3.63, 3.8) is 0 Å². The Morgan fingerprint density at radius 2 is 1.81 bits per heavy atom. The third-order valence-electron chi connectivity index (χ3n) is 5.47. The molecule has 158 valence electrons. The number of amides is 1. The predicted octanol–water partition coefficient (Wildman–Crippen LogP) is 3.22. The van der Waals surface area contributed by atoms with E-state index in [1.54, 1.807) is 41.2 Å². The molecule has 31 heavy (non-hydrogen) atoms. The fraction of sp³-hybridized carbons (Fsp3) is 0.261. The van der Waals surface area contributed by atoms with Crippen LogP contribution in [-0.4, -0.2) is 42.4 Å². The molecule has 1 atom stereocenters. The molecule has 0 bridgehead atoms. The van der Waals surface area contributed by atoms with Crippen LogP contribution in [0.2, 0.25) is 0 Å². The SMILES string of the molecule is CCCn1nc(C(=O)N(C)[C@H](C)c2ccc(-n3cncn3)cc2)c2ccccc2c1=O. The number of carbonyl (C=O) groups excluding carboxylic acids is 1. The molecule has 0 spiro atoms. The van der Waals surface area contributed by atoms with Crippen molar-refractivity contribution in [3.8, 4) is 5.69 Å². The van der Waals surface area contributed by atoms with Gasteiger partial charge in [0, 0.05) is 19.0 Å². The molecule has 8 heteroatoms. The van der Waals surface area contributed by atoms with Crippen LogP contribution >= 0.6 is 0 Å². The van der Waals surface area contributed by atoms with E-state index in [-0.39, 0.29) is 23.2 Å². The number of benzene rings is 2. The largest absolute Gasteiger partial charge is 0.334 e. The average molecular weight is 416 g/mol. The number of hydrogen-bond acceptors (Lipinski definition) is 5. The summed E-state index contributed by atoms with van der Waals surface area (Å²) in [7, 11) is 1.75. The second-order valence-electron chi connectivity index (χ2n) is 7.45.